The van der Waals surface area contributed by atoms with Crippen LogP contribution in [0.25, 0.3) is 11.1 Å². The molecule has 29 heavy (non-hydrogen) atoms. The summed E-state index contributed by atoms with van der Waals surface area (Å²) in [5, 5.41) is 9.75. The number of hydrogen-bond donors (Lipinski definition) is 3. The van der Waals surface area contributed by atoms with E-state index >= 15 is 0 Å². The predicted octanol–water partition coefficient (Wildman–Crippen LogP) is 4.31. The fraction of sp³-hybridized carbons (Fsp3) is 0.320. The van der Waals surface area contributed by atoms with Crippen LogP contribution in [0, 0.1) is 13.8 Å². The molecule has 4 rings (SSSR count). The van der Waals surface area contributed by atoms with Crippen LogP contribution in [-0.4, -0.2) is 32.1 Å². The molecule has 0 radical (unpaired) electrons. The Bertz CT molecular complexity index is 988. The predicted molar refractivity (Wildman–Crippen MR) is 121 cm³/mol. The molecule has 1 amide bonds. The Kier molecular flexibility index (Phi) is 5.93. The molecule has 0 saturated heterocycles. The summed E-state index contributed by atoms with van der Waals surface area (Å²) in [6.07, 6.45) is 6.58. The molecule has 2 aliphatic rings. The van der Waals surface area contributed by atoms with Crippen molar-refractivity contribution in [3.05, 3.63) is 76.4 Å². The van der Waals surface area contributed by atoms with Crippen LogP contribution in [0.1, 0.15) is 45.5 Å². The van der Waals surface area contributed by atoms with Crippen molar-refractivity contribution in [3.63, 3.8) is 0 Å². The van der Waals surface area contributed by atoms with Crippen LogP contribution in [0.2, 0.25) is 0 Å². The van der Waals surface area contributed by atoms with Gasteiger partial charge in [-0.15, -0.1) is 0 Å². The summed E-state index contributed by atoms with van der Waals surface area (Å²) >= 11 is 0. The van der Waals surface area contributed by atoms with Gasteiger partial charge in [-0.3, -0.25) is 4.79 Å². The molecule has 0 spiro atoms. The fourth-order valence-corrected chi connectivity index (χ4v) is 4.20. The van der Waals surface area contributed by atoms with Gasteiger partial charge in [0, 0.05) is 24.3 Å². The van der Waals surface area contributed by atoms with Crippen molar-refractivity contribution in [2.24, 2.45) is 0 Å². The van der Waals surface area contributed by atoms with E-state index in [1.54, 1.807) is 0 Å². The van der Waals surface area contributed by atoms with Crippen molar-refractivity contribution in [2.75, 3.05) is 31.5 Å². The van der Waals surface area contributed by atoms with Crippen LogP contribution in [0.5, 0.6) is 0 Å². The molecule has 0 aliphatic carbocycles. The van der Waals surface area contributed by atoms with Crippen LogP contribution < -0.4 is 16.0 Å². The average molecular weight is 388 g/mol. The van der Waals surface area contributed by atoms with Crippen LogP contribution in [0.15, 0.2) is 48.6 Å². The highest BCUT2D eigenvalue weighted by molar-refractivity contribution is 6.04. The van der Waals surface area contributed by atoms with E-state index in [4.69, 9.17) is 0 Å². The van der Waals surface area contributed by atoms with Crippen molar-refractivity contribution >= 4 is 22.7 Å². The Hall–Kier alpha value is -2.69. The lowest BCUT2D eigenvalue weighted by molar-refractivity contribution is 0.102. The van der Waals surface area contributed by atoms with Gasteiger partial charge in [0.2, 0.25) is 0 Å². The Morgan fingerprint density at radius 1 is 0.828 bits per heavy atom. The van der Waals surface area contributed by atoms with Gasteiger partial charge in [-0.2, -0.15) is 0 Å². The second-order valence-electron chi connectivity index (χ2n) is 7.88. The number of hydrogen-bond acceptors (Lipinski definition) is 3. The zero-order valence-corrected chi connectivity index (χ0v) is 17.3. The van der Waals surface area contributed by atoms with Crippen molar-refractivity contribution in [3.8, 4) is 0 Å². The lowest BCUT2D eigenvalue weighted by atomic mass is 9.94. The monoisotopic (exact) mass is 387 g/mol. The summed E-state index contributed by atoms with van der Waals surface area (Å²) < 4.78 is 0. The lowest BCUT2D eigenvalue weighted by Crippen LogP contribution is -2.20. The third-order valence-corrected chi connectivity index (χ3v) is 5.79. The smallest absolute Gasteiger partial charge is 0.255 e. The SMILES string of the molecule is Cc1cc(NC(=O)c2ccc(C3=CCNCC3)c(C)c2)ccc1C1=CCNCC1. The molecule has 3 N–H and O–H groups in total. The van der Waals surface area contributed by atoms with Crippen molar-refractivity contribution in [2.45, 2.75) is 26.7 Å². The molecule has 2 heterocycles. The van der Waals surface area contributed by atoms with Crippen LogP contribution >= 0.6 is 0 Å². The largest absolute Gasteiger partial charge is 0.322 e. The fourth-order valence-electron chi connectivity index (χ4n) is 4.20. The van der Waals surface area contributed by atoms with Crippen LogP contribution in [-0.2, 0) is 0 Å². The van der Waals surface area contributed by atoms with Crippen LogP contribution in [0.4, 0.5) is 5.69 Å². The molecule has 0 atom stereocenters. The number of anilines is 1. The molecular weight excluding hydrogens is 358 g/mol. The molecule has 0 fully saturated rings. The van der Waals surface area contributed by atoms with E-state index in [0.29, 0.717) is 5.56 Å². The van der Waals surface area contributed by atoms with E-state index < -0.39 is 0 Å². The van der Waals surface area contributed by atoms with Crippen LogP contribution in [0.3, 0.4) is 0 Å². The quantitative estimate of drug-likeness (QED) is 0.733. The summed E-state index contributed by atoms with van der Waals surface area (Å²) in [4.78, 5) is 12.8. The zero-order valence-electron chi connectivity index (χ0n) is 17.3. The van der Waals surface area contributed by atoms with Crippen molar-refractivity contribution < 1.29 is 4.79 Å². The minimum atomic E-state index is -0.0628. The number of rotatable bonds is 4. The van der Waals surface area contributed by atoms with Gasteiger partial charge in [-0.05, 0) is 97.4 Å². The summed E-state index contributed by atoms with van der Waals surface area (Å²) in [5.41, 5.74) is 9.16. The highest BCUT2D eigenvalue weighted by Gasteiger charge is 2.13. The third kappa shape index (κ3) is 4.50. The number of carbonyl (C=O) groups excluding carboxylic acids is 1. The van der Waals surface area contributed by atoms with Crippen molar-refractivity contribution in [1.29, 1.82) is 0 Å². The van der Waals surface area contributed by atoms with E-state index in [1.807, 2.05) is 18.2 Å². The minimum absolute atomic E-state index is 0.0628. The number of aryl methyl sites for hydroxylation is 2. The molecule has 2 aliphatic heterocycles. The van der Waals surface area contributed by atoms with E-state index in [1.165, 1.54) is 27.8 Å². The highest BCUT2D eigenvalue weighted by Crippen LogP contribution is 2.27. The van der Waals surface area contributed by atoms with Gasteiger partial charge in [-0.1, -0.05) is 24.3 Å². The molecule has 4 heteroatoms. The summed E-state index contributed by atoms with van der Waals surface area (Å²) in [6, 6.07) is 12.2. The van der Waals surface area contributed by atoms with E-state index in [-0.39, 0.29) is 5.91 Å². The Balaban J connectivity index is 1.49. The normalized spacial score (nSPS) is 16.8. The number of benzene rings is 2. The molecule has 2 aromatic carbocycles. The molecule has 0 aromatic heterocycles. The third-order valence-electron chi connectivity index (χ3n) is 5.79. The van der Waals surface area contributed by atoms with E-state index in [0.717, 1.165) is 50.3 Å². The minimum Gasteiger partial charge on any atom is -0.322 e. The standard InChI is InChI=1S/C25H29N3O/c1-17-15-21(3-5-23(17)19-7-11-26-12-8-19)25(29)28-22-4-6-24(18(2)16-22)20-9-13-27-14-10-20/h3-7,9,15-16,26-27H,8,10-14H2,1-2H3,(H,28,29). The van der Waals surface area contributed by atoms with Gasteiger partial charge in [-0.25, -0.2) is 0 Å². The zero-order chi connectivity index (χ0) is 20.2. The second-order valence-corrected chi connectivity index (χ2v) is 7.88. The average Bonchev–Trinajstić information content (AvgIpc) is 2.75. The number of amides is 1. The maximum Gasteiger partial charge on any atom is 0.255 e. The topological polar surface area (TPSA) is 53.2 Å². The maximum atomic E-state index is 12.8. The molecular formula is C25H29N3O. The lowest BCUT2D eigenvalue weighted by Gasteiger charge is -2.18. The molecule has 0 bridgehead atoms. The summed E-state index contributed by atoms with van der Waals surface area (Å²) in [6.45, 7) is 8.07. The summed E-state index contributed by atoms with van der Waals surface area (Å²) in [7, 11) is 0. The first-order valence-corrected chi connectivity index (χ1v) is 10.4. The van der Waals surface area contributed by atoms with E-state index in [9.17, 15) is 4.79 Å². The Morgan fingerprint density at radius 3 is 1.93 bits per heavy atom. The molecule has 0 unspecified atom stereocenters. The maximum absolute atomic E-state index is 12.8. The summed E-state index contributed by atoms with van der Waals surface area (Å²) in [5.74, 6) is -0.0628. The van der Waals surface area contributed by atoms with Gasteiger partial charge in [0.15, 0.2) is 0 Å². The number of carbonyl (C=O) groups is 1. The van der Waals surface area contributed by atoms with E-state index in [2.05, 4.69) is 60.1 Å². The molecule has 2 aromatic rings. The van der Waals surface area contributed by atoms with Gasteiger partial charge in [0.25, 0.3) is 5.91 Å². The first kappa shape index (κ1) is 19.6. The highest BCUT2D eigenvalue weighted by atomic mass is 16.1. The Labute approximate surface area is 173 Å². The van der Waals surface area contributed by atoms with Gasteiger partial charge < -0.3 is 16.0 Å². The molecule has 0 saturated carbocycles. The number of nitrogens with one attached hydrogen (secondary N) is 3. The van der Waals surface area contributed by atoms with Gasteiger partial charge in [0.05, 0.1) is 0 Å². The first-order chi connectivity index (χ1) is 14.1. The van der Waals surface area contributed by atoms with Gasteiger partial charge in [0.1, 0.15) is 0 Å². The Morgan fingerprint density at radius 2 is 1.41 bits per heavy atom. The second kappa shape index (κ2) is 8.76. The van der Waals surface area contributed by atoms with Crippen molar-refractivity contribution in [1.82, 2.24) is 10.6 Å². The first-order valence-electron chi connectivity index (χ1n) is 10.4. The molecule has 4 nitrogen and oxygen atoms in total. The van der Waals surface area contributed by atoms with Gasteiger partial charge >= 0.3 is 0 Å². The molecule has 150 valence electrons.